The maximum absolute atomic E-state index is 11.8. The van der Waals surface area contributed by atoms with Crippen molar-refractivity contribution in [2.45, 2.75) is 63.6 Å². The number of aliphatic hydroxyl groups is 2. The Kier molecular flexibility index (Phi) is 2.63. The largest absolute Gasteiger partial charge is 0.479 e. The van der Waals surface area contributed by atoms with E-state index in [9.17, 15) is 20.1 Å². The third kappa shape index (κ3) is 1.62. The van der Waals surface area contributed by atoms with Crippen LogP contribution in [-0.4, -0.2) is 32.5 Å². The molecule has 4 nitrogen and oxygen atoms in total. The fourth-order valence-corrected chi connectivity index (χ4v) is 5.69. The predicted octanol–water partition coefficient (Wildman–Crippen LogP) is 1.79. The highest BCUT2D eigenvalue weighted by molar-refractivity contribution is 5.80. The summed E-state index contributed by atoms with van der Waals surface area (Å²) in [7, 11) is 0. The minimum atomic E-state index is -2.03. The van der Waals surface area contributed by atoms with Gasteiger partial charge < -0.3 is 15.3 Å². The van der Waals surface area contributed by atoms with Crippen LogP contribution in [0.5, 0.6) is 0 Å². The molecule has 0 saturated heterocycles. The Hall–Kier alpha value is -0.610. The molecule has 4 heteroatoms. The SMILES string of the molecule is CC(C)(O)C(O)(C(=O)O)C12CC3CC(CC(C3)C1)C2. The number of hydrogen-bond acceptors (Lipinski definition) is 3. The number of aliphatic carboxylic acids is 1. The van der Waals surface area contributed by atoms with Crippen molar-refractivity contribution in [2.24, 2.45) is 23.2 Å². The minimum absolute atomic E-state index is 0.541. The number of rotatable bonds is 3. The summed E-state index contributed by atoms with van der Waals surface area (Å²) in [5.41, 5.74) is -4.29. The van der Waals surface area contributed by atoms with Crippen LogP contribution in [0.15, 0.2) is 0 Å². The van der Waals surface area contributed by atoms with Crippen LogP contribution in [0.3, 0.4) is 0 Å². The van der Waals surface area contributed by atoms with Gasteiger partial charge in [0.25, 0.3) is 0 Å². The molecule has 108 valence electrons. The van der Waals surface area contributed by atoms with Gasteiger partial charge in [0, 0.05) is 5.41 Å². The van der Waals surface area contributed by atoms with Crippen molar-refractivity contribution in [1.29, 1.82) is 0 Å². The van der Waals surface area contributed by atoms with Crippen molar-refractivity contribution in [2.75, 3.05) is 0 Å². The number of carboxylic acid groups (broad SMARTS) is 1. The summed E-state index contributed by atoms with van der Waals surface area (Å²) in [5, 5.41) is 30.9. The van der Waals surface area contributed by atoms with Gasteiger partial charge in [-0.05, 0) is 70.1 Å². The van der Waals surface area contributed by atoms with E-state index in [-0.39, 0.29) is 0 Å². The Labute approximate surface area is 113 Å². The lowest BCUT2D eigenvalue weighted by Crippen LogP contribution is -2.70. The maximum atomic E-state index is 11.8. The molecular weight excluding hydrogens is 244 g/mol. The quantitative estimate of drug-likeness (QED) is 0.729. The second-order valence-corrected chi connectivity index (χ2v) is 7.77. The van der Waals surface area contributed by atoms with Crippen LogP contribution in [0.25, 0.3) is 0 Å². The highest BCUT2D eigenvalue weighted by Crippen LogP contribution is 2.65. The van der Waals surface area contributed by atoms with E-state index in [0.29, 0.717) is 17.8 Å². The third-order valence-electron chi connectivity index (χ3n) is 6.00. The van der Waals surface area contributed by atoms with Crippen molar-refractivity contribution in [3.05, 3.63) is 0 Å². The van der Waals surface area contributed by atoms with E-state index in [1.165, 1.54) is 33.1 Å². The molecule has 0 spiro atoms. The van der Waals surface area contributed by atoms with Gasteiger partial charge in [-0.25, -0.2) is 4.79 Å². The van der Waals surface area contributed by atoms with E-state index in [1.807, 2.05) is 0 Å². The van der Waals surface area contributed by atoms with Crippen LogP contribution in [-0.2, 0) is 4.79 Å². The Balaban J connectivity index is 2.06. The molecule has 1 unspecified atom stereocenters. The summed E-state index contributed by atoms with van der Waals surface area (Å²) >= 11 is 0. The molecule has 0 aromatic rings. The van der Waals surface area contributed by atoms with Gasteiger partial charge in [-0.1, -0.05) is 0 Å². The van der Waals surface area contributed by atoms with Gasteiger partial charge in [0.15, 0.2) is 5.60 Å². The lowest BCUT2D eigenvalue weighted by molar-refractivity contribution is -0.251. The summed E-state index contributed by atoms with van der Waals surface area (Å²) in [6.45, 7) is 2.86. The van der Waals surface area contributed by atoms with E-state index in [1.54, 1.807) is 0 Å². The maximum Gasteiger partial charge on any atom is 0.339 e. The molecular formula is C15H24O4. The highest BCUT2D eigenvalue weighted by Gasteiger charge is 2.68. The Bertz CT molecular complexity index is 374. The summed E-state index contributed by atoms with van der Waals surface area (Å²) in [5.74, 6) is 0.361. The second kappa shape index (κ2) is 3.73. The van der Waals surface area contributed by atoms with E-state index in [2.05, 4.69) is 0 Å². The highest BCUT2D eigenvalue weighted by atomic mass is 16.4. The first-order valence-electron chi connectivity index (χ1n) is 7.36. The summed E-state index contributed by atoms with van der Waals surface area (Å²) in [6, 6.07) is 0. The molecule has 1 atom stereocenters. The summed E-state index contributed by atoms with van der Waals surface area (Å²) in [4.78, 5) is 11.8. The lowest BCUT2D eigenvalue weighted by atomic mass is 9.43. The molecule has 0 radical (unpaired) electrons. The first-order valence-corrected chi connectivity index (χ1v) is 7.36. The number of carbonyl (C=O) groups is 1. The average Bonchev–Trinajstić information content (AvgIpc) is 2.23. The molecule has 0 amide bonds. The minimum Gasteiger partial charge on any atom is -0.479 e. The van der Waals surface area contributed by atoms with Crippen LogP contribution >= 0.6 is 0 Å². The first-order chi connectivity index (χ1) is 8.68. The van der Waals surface area contributed by atoms with Crippen molar-refractivity contribution in [3.8, 4) is 0 Å². The van der Waals surface area contributed by atoms with Crippen molar-refractivity contribution in [3.63, 3.8) is 0 Å². The van der Waals surface area contributed by atoms with E-state index in [0.717, 1.165) is 19.3 Å². The van der Waals surface area contributed by atoms with Gasteiger partial charge in [-0.3, -0.25) is 0 Å². The van der Waals surface area contributed by atoms with Crippen LogP contribution < -0.4 is 0 Å². The molecule has 4 saturated carbocycles. The number of carboxylic acids is 1. The molecule has 4 aliphatic rings. The average molecular weight is 268 g/mol. The zero-order valence-electron chi connectivity index (χ0n) is 11.7. The molecule has 0 aromatic carbocycles. The van der Waals surface area contributed by atoms with Gasteiger partial charge in [0.05, 0.1) is 5.60 Å². The lowest BCUT2D eigenvalue weighted by Gasteiger charge is -2.62. The smallest absolute Gasteiger partial charge is 0.339 e. The third-order valence-corrected chi connectivity index (χ3v) is 6.00. The zero-order chi connectivity index (χ0) is 14.1. The van der Waals surface area contributed by atoms with Gasteiger partial charge >= 0.3 is 5.97 Å². The second-order valence-electron chi connectivity index (χ2n) is 7.77. The molecule has 0 aromatic heterocycles. The Morgan fingerprint density at radius 3 is 1.63 bits per heavy atom. The Morgan fingerprint density at radius 1 is 1.00 bits per heavy atom. The fourth-order valence-electron chi connectivity index (χ4n) is 5.69. The molecule has 4 bridgehead atoms. The predicted molar refractivity (Wildman–Crippen MR) is 69.5 cm³/mol. The Morgan fingerprint density at radius 2 is 1.37 bits per heavy atom. The van der Waals surface area contributed by atoms with Gasteiger partial charge in [0.1, 0.15) is 0 Å². The molecule has 3 N–H and O–H groups in total. The van der Waals surface area contributed by atoms with Crippen LogP contribution in [0, 0.1) is 23.2 Å². The molecule has 0 heterocycles. The van der Waals surface area contributed by atoms with Gasteiger partial charge in [-0.2, -0.15) is 0 Å². The normalized spacial score (nSPS) is 44.1. The zero-order valence-corrected chi connectivity index (χ0v) is 11.7. The molecule has 19 heavy (non-hydrogen) atoms. The summed E-state index contributed by atoms with van der Waals surface area (Å²) in [6.07, 6.45) is 5.81. The van der Waals surface area contributed by atoms with Gasteiger partial charge in [0.2, 0.25) is 0 Å². The molecule has 4 rings (SSSR count). The monoisotopic (exact) mass is 268 g/mol. The standard InChI is InChI=1S/C15H24O4/c1-13(2,18)15(19,12(16)17)14-6-9-3-10(7-14)5-11(4-9)8-14/h9-11,18-19H,3-8H2,1-2H3,(H,16,17). The molecule has 4 aliphatic carbocycles. The van der Waals surface area contributed by atoms with Crippen LogP contribution in [0.2, 0.25) is 0 Å². The number of hydrogen-bond donors (Lipinski definition) is 3. The van der Waals surface area contributed by atoms with Crippen molar-refractivity contribution >= 4 is 5.97 Å². The van der Waals surface area contributed by atoms with Crippen molar-refractivity contribution in [1.82, 2.24) is 0 Å². The fraction of sp³-hybridized carbons (Fsp3) is 0.933. The van der Waals surface area contributed by atoms with Crippen molar-refractivity contribution < 1.29 is 20.1 Å². The summed E-state index contributed by atoms with van der Waals surface area (Å²) < 4.78 is 0. The van der Waals surface area contributed by atoms with Crippen LogP contribution in [0.4, 0.5) is 0 Å². The molecule has 4 fully saturated rings. The van der Waals surface area contributed by atoms with E-state index < -0.39 is 22.6 Å². The van der Waals surface area contributed by atoms with Crippen LogP contribution in [0.1, 0.15) is 52.4 Å². The first kappa shape index (κ1) is 13.4. The molecule has 0 aliphatic heterocycles. The van der Waals surface area contributed by atoms with Gasteiger partial charge in [-0.15, -0.1) is 0 Å². The van der Waals surface area contributed by atoms with E-state index in [4.69, 9.17) is 0 Å². The topological polar surface area (TPSA) is 77.8 Å². The van der Waals surface area contributed by atoms with E-state index >= 15 is 0 Å².